The third kappa shape index (κ3) is 3.83. The number of rotatable bonds is 5. The molecule has 152 valence electrons. The van der Waals surface area contributed by atoms with Crippen LogP contribution in [0.3, 0.4) is 0 Å². The molecular formula is C20H28N4O4. The highest BCUT2D eigenvalue weighted by atomic mass is 16.5. The third-order valence-electron chi connectivity index (χ3n) is 6.26. The third-order valence-corrected chi connectivity index (χ3v) is 6.26. The molecule has 28 heavy (non-hydrogen) atoms. The standard InChI is InChI=1S/C20H28N4O4/c1-14-12-15(28-21-14)13-22-8-10-23(11-9-22)18(25)6-7-24-19(26)16-4-2-3-5-17(16)20(24)27/h12,16-17H,2-11,13H2,1H3. The zero-order chi connectivity index (χ0) is 19.7. The Morgan fingerprint density at radius 2 is 1.75 bits per heavy atom. The van der Waals surface area contributed by atoms with Gasteiger partial charge in [0, 0.05) is 45.2 Å². The first-order valence-corrected chi connectivity index (χ1v) is 10.3. The zero-order valence-electron chi connectivity index (χ0n) is 16.4. The Balaban J connectivity index is 1.24. The maximum atomic E-state index is 12.6. The molecular weight excluding hydrogens is 360 g/mol. The van der Waals surface area contributed by atoms with Crippen molar-refractivity contribution >= 4 is 17.7 Å². The number of likely N-dealkylation sites (tertiary alicyclic amines) is 1. The van der Waals surface area contributed by atoms with Gasteiger partial charge in [0.2, 0.25) is 17.7 Å². The highest BCUT2D eigenvalue weighted by Crippen LogP contribution is 2.38. The van der Waals surface area contributed by atoms with Gasteiger partial charge in [-0.3, -0.25) is 24.2 Å². The number of aryl methyl sites for hydroxylation is 1. The molecule has 0 radical (unpaired) electrons. The molecule has 0 spiro atoms. The zero-order valence-corrected chi connectivity index (χ0v) is 16.4. The Morgan fingerprint density at radius 3 is 2.32 bits per heavy atom. The minimum atomic E-state index is -0.139. The van der Waals surface area contributed by atoms with Gasteiger partial charge in [-0.25, -0.2) is 0 Å². The van der Waals surface area contributed by atoms with Gasteiger partial charge in [-0.15, -0.1) is 0 Å². The summed E-state index contributed by atoms with van der Waals surface area (Å²) in [5.74, 6) is 0.457. The number of hydrogen-bond acceptors (Lipinski definition) is 6. The lowest BCUT2D eigenvalue weighted by molar-refractivity contribution is -0.141. The van der Waals surface area contributed by atoms with Crippen LogP contribution in [0.5, 0.6) is 0 Å². The van der Waals surface area contributed by atoms with E-state index in [2.05, 4.69) is 10.1 Å². The Bertz CT molecular complexity index is 729. The molecule has 0 N–H and O–H groups in total. The van der Waals surface area contributed by atoms with Crippen LogP contribution in [0.2, 0.25) is 0 Å². The van der Waals surface area contributed by atoms with Crippen molar-refractivity contribution in [2.75, 3.05) is 32.7 Å². The monoisotopic (exact) mass is 388 g/mol. The van der Waals surface area contributed by atoms with Gasteiger partial charge < -0.3 is 9.42 Å². The average molecular weight is 388 g/mol. The molecule has 2 unspecified atom stereocenters. The maximum absolute atomic E-state index is 12.6. The van der Waals surface area contributed by atoms with E-state index in [0.29, 0.717) is 19.6 Å². The number of carbonyl (C=O) groups is 3. The summed E-state index contributed by atoms with van der Waals surface area (Å²) in [6.45, 7) is 5.67. The SMILES string of the molecule is Cc1cc(CN2CCN(C(=O)CCN3C(=O)C4CCCCC4C3=O)CC2)on1. The largest absolute Gasteiger partial charge is 0.360 e. The number of aromatic nitrogens is 1. The van der Waals surface area contributed by atoms with E-state index in [1.54, 1.807) is 0 Å². The minimum Gasteiger partial charge on any atom is -0.360 e. The first-order valence-electron chi connectivity index (χ1n) is 10.3. The molecule has 3 heterocycles. The molecule has 0 bridgehead atoms. The number of amides is 3. The number of nitrogens with zero attached hydrogens (tertiary/aromatic N) is 4. The molecule has 1 aromatic rings. The van der Waals surface area contributed by atoms with E-state index in [1.165, 1.54) is 4.90 Å². The fourth-order valence-electron chi connectivity index (χ4n) is 4.68. The Hall–Kier alpha value is -2.22. The first kappa shape index (κ1) is 19.1. The molecule has 1 aromatic heterocycles. The number of piperazine rings is 1. The summed E-state index contributed by atoms with van der Waals surface area (Å²) in [7, 11) is 0. The van der Waals surface area contributed by atoms with Gasteiger partial charge in [-0.2, -0.15) is 0 Å². The molecule has 2 saturated heterocycles. The van der Waals surface area contributed by atoms with Crippen LogP contribution in [0.15, 0.2) is 10.6 Å². The van der Waals surface area contributed by atoms with Crippen molar-refractivity contribution in [3.8, 4) is 0 Å². The summed E-state index contributed by atoms with van der Waals surface area (Å²) in [6.07, 6.45) is 3.88. The summed E-state index contributed by atoms with van der Waals surface area (Å²) in [4.78, 5) is 43.0. The van der Waals surface area contributed by atoms with Crippen molar-refractivity contribution in [2.45, 2.75) is 45.6 Å². The van der Waals surface area contributed by atoms with Crippen LogP contribution in [-0.4, -0.2) is 70.3 Å². The lowest BCUT2D eigenvalue weighted by Crippen LogP contribution is -2.49. The summed E-state index contributed by atoms with van der Waals surface area (Å²) in [5, 5.41) is 3.90. The van der Waals surface area contributed by atoms with Crippen molar-refractivity contribution in [3.63, 3.8) is 0 Å². The molecule has 2 atom stereocenters. The van der Waals surface area contributed by atoms with Crippen LogP contribution in [0, 0.1) is 18.8 Å². The second-order valence-electron chi connectivity index (χ2n) is 8.17. The molecule has 1 saturated carbocycles. The van der Waals surface area contributed by atoms with Crippen molar-refractivity contribution in [1.82, 2.24) is 19.9 Å². The lowest BCUT2D eigenvalue weighted by atomic mass is 9.81. The number of fused-ring (bicyclic) bond motifs is 1. The lowest BCUT2D eigenvalue weighted by Gasteiger charge is -2.34. The van der Waals surface area contributed by atoms with Crippen LogP contribution in [0.1, 0.15) is 43.6 Å². The van der Waals surface area contributed by atoms with E-state index in [-0.39, 0.29) is 42.5 Å². The maximum Gasteiger partial charge on any atom is 0.233 e. The molecule has 1 aliphatic carbocycles. The molecule has 8 nitrogen and oxygen atoms in total. The van der Waals surface area contributed by atoms with E-state index in [0.717, 1.165) is 50.2 Å². The van der Waals surface area contributed by atoms with Gasteiger partial charge in [0.25, 0.3) is 0 Å². The van der Waals surface area contributed by atoms with Gasteiger partial charge in [-0.1, -0.05) is 18.0 Å². The second kappa shape index (κ2) is 8.03. The molecule has 8 heteroatoms. The number of carbonyl (C=O) groups excluding carboxylic acids is 3. The smallest absolute Gasteiger partial charge is 0.233 e. The van der Waals surface area contributed by atoms with E-state index >= 15 is 0 Å². The predicted molar refractivity (Wildman–Crippen MR) is 99.9 cm³/mol. The van der Waals surface area contributed by atoms with Crippen LogP contribution >= 0.6 is 0 Å². The van der Waals surface area contributed by atoms with Crippen LogP contribution in [0.4, 0.5) is 0 Å². The van der Waals surface area contributed by atoms with Gasteiger partial charge in [-0.05, 0) is 19.8 Å². The van der Waals surface area contributed by atoms with Crippen LogP contribution in [0.25, 0.3) is 0 Å². The average Bonchev–Trinajstić information content (AvgIpc) is 3.22. The number of imide groups is 1. The van der Waals surface area contributed by atoms with Gasteiger partial charge in [0.15, 0.2) is 5.76 Å². The molecule has 3 fully saturated rings. The summed E-state index contributed by atoms with van der Waals surface area (Å²) in [5.41, 5.74) is 0.870. The topological polar surface area (TPSA) is 87.0 Å². The normalized spacial score (nSPS) is 26.0. The van der Waals surface area contributed by atoms with E-state index in [9.17, 15) is 14.4 Å². The second-order valence-corrected chi connectivity index (χ2v) is 8.17. The molecule has 2 aliphatic heterocycles. The van der Waals surface area contributed by atoms with Crippen molar-refractivity contribution in [3.05, 3.63) is 17.5 Å². The Morgan fingerprint density at radius 1 is 1.11 bits per heavy atom. The quantitative estimate of drug-likeness (QED) is 0.705. The van der Waals surface area contributed by atoms with Crippen LogP contribution in [-0.2, 0) is 20.9 Å². The fourth-order valence-corrected chi connectivity index (χ4v) is 4.68. The highest BCUT2D eigenvalue weighted by molar-refractivity contribution is 6.05. The predicted octanol–water partition coefficient (Wildman–Crippen LogP) is 1.19. The van der Waals surface area contributed by atoms with E-state index in [4.69, 9.17) is 4.52 Å². The van der Waals surface area contributed by atoms with Crippen molar-refractivity contribution in [2.24, 2.45) is 11.8 Å². The van der Waals surface area contributed by atoms with E-state index < -0.39 is 0 Å². The molecule has 3 aliphatic rings. The first-order chi connectivity index (χ1) is 13.5. The number of hydrogen-bond donors (Lipinski definition) is 0. The Kier molecular flexibility index (Phi) is 5.48. The Labute approximate surface area is 164 Å². The van der Waals surface area contributed by atoms with E-state index in [1.807, 2.05) is 17.9 Å². The summed E-state index contributed by atoms with van der Waals surface area (Å²) in [6, 6.07) is 1.93. The van der Waals surface area contributed by atoms with Gasteiger partial charge in [0.1, 0.15) is 0 Å². The minimum absolute atomic E-state index is 0.0191. The summed E-state index contributed by atoms with van der Waals surface area (Å²) < 4.78 is 5.26. The highest BCUT2D eigenvalue weighted by Gasteiger charge is 2.47. The van der Waals surface area contributed by atoms with Gasteiger partial charge in [0.05, 0.1) is 24.1 Å². The molecule has 3 amide bonds. The van der Waals surface area contributed by atoms with Gasteiger partial charge >= 0.3 is 0 Å². The van der Waals surface area contributed by atoms with Crippen LogP contribution < -0.4 is 0 Å². The molecule has 4 rings (SSSR count). The molecule has 0 aromatic carbocycles. The summed E-state index contributed by atoms with van der Waals surface area (Å²) >= 11 is 0. The van der Waals surface area contributed by atoms with Crippen molar-refractivity contribution in [1.29, 1.82) is 0 Å². The fraction of sp³-hybridized carbons (Fsp3) is 0.700. The van der Waals surface area contributed by atoms with Crippen molar-refractivity contribution < 1.29 is 18.9 Å².